The molecule has 0 aliphatic carbocycles. The van der Waals surface area contributed by atoms with Crippen molar-refractivity contribution >= 4 is 16.9 Å². The van der Waals surface area contributed by atoms with Gasteiger partial charge in [-0.05, 0) is 35.4 Å². The van der Waals surface area contributed by atoms with Gasteiger partial charge in [-0.2, -0.15) is 0 Å². The van der Waals surface area contributed by atoms with Crippen LogP contribution >= 0.6 is 0 Å². The summed E-state index contributed by atoms with van der Waals surface area (Å²) in [5.41, 5.74) is 2.23. The van der Waals surface area contributed by atoms with Crippen molar-refractivity contribution in [1.29, 1.82) is 0 Å². The zero-order valence-electron chi connectivity index (χ0n) is 15.4. The summed E-state index contributed by atoms with van der Waals surface area (Å²) >= 11 is 0. The standard InChI is InChI=1S/C24H17NO4/c26-17-12-10-16(11-13-17)21-20-22(27)18-8-4-5-9-19(18)29-23(20)24(28)25(21)14-15-6-2-1-3-7-15/h1-13,21,26H,14H2/t21-/m1/s1. The average molecular weight is 383 g/mol. The molecule has 0 unspecified atom stereocenters. The lowest BCUT2D eigenvalue weighted by molar-refractivity contribution is 0.0714. The number of benzene rings is 3. The minimum Gasteiger partial charge on any atom is -0.508 e. The maximum atomic E-state index is 13.3. The third kappa shape index (κ3) is 2.79. The van der Waals surface area contributed by atoms with Gasteiger partial charge in [0.2, 0.25) is 5.76 Å². The fourth-order valence-electron chi connectivity index (χ4n) is 3.91. The van der Waals surface area contributed by atoms with Gasteiger partial charge in [-0.1, -0.05) is 54.6 Å². The Morgan fingerprint density at radius 2 is 1.55 bits per heavy atom. The quantitative estimate of drug-likeness (QED) is 0.574. The van der Waals surface area contributed by atoms with Crippen molar-refractivity contribution in [3.63, 3.8) is 0 Å². The van der Waals surface area contributed by atoms with Crippen molar-refractivity contribution in [3.05, 3.63) is 112 Å². The molecule has 1 aliphatic heterocycles. The molecule has 1 aliphatic rings. The van der Waals surface area contributed by atoms with Gasteiger partial charge >= 0.3 is 0 Å². The van der Waals surface area contributed by atoms with E-state index in [0.717, 1.165) is 11.1 Å². The van der Waals surface area contributed by atoms with Crippen molar-refractivity contribution in [2.75, 3.05) is 0 Å². The van der Waals surface area contributed by atoms with E-state index < -0.39 is 6.04 Å². The Labute approximate surface area is 166 Å². The van der Waals surface area contributed by atoms with Gasteiger partial charge in [0.25, 0.3) is 5.91 Å². The molecule has 0 saturated carbocycles. The Morgan fingerprint density at radius 3 is 2.31 bits per heavy atom. The Morgan fingerprint density at radius 1 is 0.862 bits per heavy atom. The summed E-state index contributed by atoms with van der Waals surface area (Å²) < 4.78 is 5.90. The van der Waals surface area contributed by atoms with E-state index in [1.165, 1.54) is 0 Å². The van der Waals surface area contributed by atoms with Crippen LogP contribution in [-0.2, 0) is 6.54 Å². The zero-order chi connectivity index (χ0) is 20.0. The SMILES string of the molecule is O=C1c2oc3ccccc3c(=O)c2[C@@H](c2ccc(O)cc2)N1Cc1ccccc1. The van der Waals surface area contributed by atoms with E-state index in [9.17, 15) is 14.7 Å². The van der Waals surface area contributed by atoms with Crippen LogP contribution in [0.1, 0.15) is 33.3 Å². The fourth-order valence-corrected chi connectivity index (χ4v) is 3.91. The van der Waals surface area contributed by atoms with Crippen molar-refractivity contribution in [2.24, 2.45) is 0 Å². The van der Waals surface area contributed by atoms with Crippen LogP contribution < -0.4 is 5.43 Å². The molecule has 0 fully saturated rings. The second-order valence-corrected chi connectivity index (χ2v) is 7.08. The maximum absolute atomic E-state index is 13.3. The summed E-state index contributed by atoms with van der Waals surface area (Å²) in [7, 11) is 0. The molecule has 5 nitrogen and oxygen atoms in total. The molecule has 0 radical (unpaired) electrons. The van der Waals surface area contributed by atoms with Gasteiger partial charge in [-0.15, -0.1) is 0 Å². The normalized spacial score (nSPS) is 15.7. The van der Waals surface area contributed by atoms with Gasteiger partial charge in [-0.3, -0.25) is 9.59 Å². The topological polar surface area (TPSA) is 70.8 Å². The molecular weight excluding hydrogens is 366 g/mol. The van der Waals surface area contributed by atoms with Crippen LogP contribution in [0.15, 0.2) is 88.1 Å². The highest BCUT2D eigenvalue weighted by Crippen LogP contribution is 2.39. The molecule has 5 rings (SSSR count). The van der Waals surface area contributed by atoms with Crippen LogP contribution in [0.4, 0.5) is 0 Å². The van der Waals surface area contributed by atoms with Crippen molar-refractivity contribution in [2.45, 2.75) is 12.6 Å². The molecule has 1 aromatic heterocycles. The van der Waals surface area contributed by atoms with Gasteiger partial charge in [0.15, 0.2) is 5.43 Å². The van der Waals surface area contributed by atoms with Crippen LogP contribution in [-0.4, -0.2) is 15.9 Å². The van der Waals surface area contributed by atoms with E-state index in [2.05, 4.69) is 0 Å². The number of fused-ring (bicyclic) bond motifs is 2. The summed E-state index contributed by atoms with van der Waals surface area (Å²) in [6.07, 6.45) is 0. The molecule has 29 heavy (non-hydrogen) atoms. The molecule has 0 bridgehead atoms. The molecule has 1 atom stereocenters. The van der Waals surface area contributed by atoms with E-state index in [1.54, 1.807) is 53.4 Å². The number of para-hydroxylation sites is 1. The number of carbonyl (C=O) groups excluding carboxylic acids is 1. The van der Waals surface area contributed by atoms with E-state index >= 15 is 0 Å². The largest absolute Gasteiger partial charge is 0.508 e. The van der Waals surface area contributed by atoms with Gasteiger partial charge in [0.1, 0.15) is 11.3 Å². The van der Waals surface area contributed by atoms with Gasteiger partial charge in [-0.25, -0.2) is 0 Å². The molecule has 1 N–H and O–H groups in total. The zero-order valence-corrected chi connectivity index (χ0v) is 15.4. The highest BCUT2D eigenvalue weighted by atomic mass is 16.3. The molecule has 4 aromatic rings. The smallest absolute Gasteiger partial charge is 0.291 e. The molecule has 0 spiro atoms. The summed E-state index contributed by atoms with van der Waals surface area (Å²) in [5.74, 6) is -0.106. The second kappa shape index (κ2) is 6.63. The number of amides is 1. The first-order valence-corrected chi connectivity index (χ1v) is 9.33. The second-order valence-electron chi connectivity index (χ2n) is 7.08. The Kier molecular flexibility index (Phi) is 3.95. The lowest BCUT2D eigenvalue weighted by Gasteiger charge is -2.25. The fraction of sp³-hybridized carbons (Fsp3) is 0.0833. The van der Waals surface area contributed by atoms with Crippen LogP contribution in [0, 0.1) is 0 Å². The minimum atomic E-state index is -0.584. The number of hydrogen-bond donors (Lipinski definition) is 1. The summed E-state index contributed by atoms with van der Waals surface area (Å²) in [5, 5.41) is 10.1. The predicted molar refractivity (Wildman–Crippen MR) is 109 cm³/mol. The summed E-state index contributed by atoms with van der Waals surface area (Å²) in [4.78, 5) is 28.3. The highest BCUT2D eigenvalue weighted by molar-refractivity contribution is 5.99. The predicted octanol–water partition coefficient (Wildman–Crippen LogP) is 4.24. The molecule has 5 heteroatoms. The van der Waals surface area contributed by atoms with Crippen LogP contribution in [0.5, 0.6) is 5.75 Å². The summed E-state index contributed by atoms with van der Waals surface area (Å²) in [6.45, 7) is 0.338. The van der Waals surface area contributed by atoms with E-state index in [0.29, 0.717) is 23.1 Å². The molecule has 2 heterocycles. The third-order valence-corrected chi connectivity index (χ3v) is 5.28. The van der Waals surface area contributed by atoms with Crippen LogP contribution in [0.2, 0.25) is 0 Å². The number of phenols is 1. The first kappa shape index (κ1) is 17.3. The summed E-state index contributed by atoms with van der Waals surface area (Å²) in [6, 6.07) is 22.6. The molecule has 0 saturated heterocycles. The molecular formula is C24H17NO4. The number of hydrogen-bond acceptors (Lipinski definition) is 4. The Hall–Kier alpha value is -3.86. The van der Waals surface area contributed by atoms with Gasteiger partial charge < -0.3 is 14.4 Å². The highest BCUT2D eigenvalue weighted by Gasteiger charge is 2.42. The monoisotopic (exact) mass is 383 g/mol. The first-order valence-electron chi connectivity index (χ1n) is 9.33. The number of aromatic hydroxyl groups is 1. The average Bonchev–Trinajstić information content (AvgIpc) is 3.02. The Bertz CT molecular complexity index is 1280. The van der Waals surface area contributed by atoms with Crippen molar-refractivity contribution < 1.29 is 14.3 Å². The lowest BCUT2D eigenvalue weighted by Crippen LogP contribution is -2.29. The minimum absolute atomic E-state index is 0.0858. The van der Waals surface area contributed by atoms with Gasteiger partial charge in [0.05, 0.1) is 17.0 Å². The first-order chi connectivity index (χ1) is 14.1. The molecule has 1 amide bonds. The Balaban J connectivity index is 1.73. The maximum Gasteiger partial charge on any atom is 0.291 e. The number of nitrogens with zero attached hydrogens (tertiary/aromatic N) is 1. The number of carbonyl (C=O) groups is 1. The van der Waals surface area contributed by atoms with Crippen LogP contribution in [0.25, 0.3) is 11.0 Å². The van der Waals surface area contributed by atoms with Gasteiger partial charge in [0, 0.05) is 6.54 Å². The van der Waals surface area contributed by atoms with E-state index in [1.807, 2.05) is 30.3 Å². The molecule has 3 aromatic carbocycles. The van der Waals surface area contributed by atoms with E-state index in [4.69, 9.17) is 4.42 Å². The molecule has 142 valence electrons. The van der Waals surface area contributed by atoms with Crippen LogP contribution in [0.3, 0.4) is 0 Å². The number of phenolic OH excluding ortho intramolecular Hbond substituents is 1. The third-order valence-electron chi connectivity index (χ3n) is 5.28. The van der Waals surface area contributed by atoms with E-state index in [-0.39, 0.29) is 22.8 Å². The number of rotatable bonds is 3. The lowest BCUT2D eigenvalue weighted by atomic mass is 9.98. The van der Waals surface area contributed by atoms with Crippen molar-refractivity contribution in [3.8, 4) is 5.75 Å². The van der Waals surface area contributed by atoms with Crippen molar-refractivity contribution in [1.82, 2.24) is 4.90 Å².